The maximum absolute atomic E-state index is 12.4. The fourth-order valence-electron chi connectivity index (χ4n) is 3.25. The summed E-state index contributed by atoms with van der Waals surface area (Å²) in [5.41, 5.74) is -0.0465. The molecular formula is C17H19Cl2NO4. The van der Waals surface area contributed by atoms with Crippen LogP contribution in [0.1, 0.15) is 30.7 Å². The number of nitrogens with one attached hydrogen (secondary N) is 1. The van der Waals surface area contributed by atoms with Crippen molar-refractivity contribution in [3.8, 4) is 0 Å². The second-order valence-electron chi connectivity index (χ2n) is 6.51. The first-order valence-corrected chi connectivity index (χ1v) is 8.73. The Labute approximate surface area is 150 Å². The number of carboxylic acids is 1. The molecule has 0 aromatic heterocycles. The second kappa shape index (κ2) is 6.90. The van der Waals surface area contributed by atoms with Crippen molar-refractivity contribution in [1.29, 1.82) is 0 Å². The molecule has 2 fully saturated rings. The standard InChI is InChI=1S/C17H19Cl2NO4/c18-13-3-1-2-10(14(13)19)11-8-12(11)15(21)20-9-17(16(22)23)4-6-24-7-5-17/h1-3,11-12H,4-9H2,(H,20,21)(H,22,23). The lowest BCUT2D eigenvalue weighted by Crippen LogP contribution is -2.46. The third-order valence-electron chi connectivity index (χ3n) is 5.01. The molecule has 3 rings (SSSR count). The summed E-state index contributed by atoms with van der Waals surface area (Å²) in [6.45, 7) is 0.954. The second-order valence-corrected chi connectivity index (χ2v) is 7.29. The number of carboxylic acid groups (broad SMARTS) is 1. The van der Waals surface area contributed by atoms with Crippen molar-refractivity contribution < 1.29 is 19.4 Å². The van der Waals surface area contributed by atoms with Gasteiger partial charge in [-0.05, 0) is 36.8 Å². The van der Waals surface area contributed by atoms with Crippen LogP contribution >= 0.6 is 23.2 Å². The molecule has 1 saturated heterocycles. The highest BCUT2D eigenvalue weighted by Gasteiger charge is 2.47. The van der Waals surface area contributed by atoms with E-state index in [4.69, 9.17) is 27.9 Å². The van der Waals surface area contributed by atoms with Crippen LogP contribution in [-0.2, 0) is 14.3 Å². The zero-order valence-corrected chi connectivity index (χ0v) is 14.6. The number of hydrogen-bond acceptors (Lipinski definition) is 3. The predicted molar refractivity (Wildman–Crippen MR) is 90.4 cm³/mol. The number of rotatable bonds is 5. The van der Waals surface area contributed by atoms with Crippen LogP contribution in [0, 0.1) is 11.3 Å². The summed E-state index contributed by atoms with van der Waals surface area (Å²) in [6, 6.07) is 5.41. The summed E-state index contributed by atoms with van der Waals surface area (Å²) in [5, 5.41) is 13.3. The Morgan fingerprint density at radius 3 is 2.67 bits per heavy atom. The van der Waals surface area contributed by atoms with Gasteiger partial charge in [-0.2, -0.15) is 0 Å². The summed E-state index contributed by atoms with van der Waals surface area (Å²) < 4.78 is 5.24. The van der Waals surface area contributed by atoms with Crippen molar-refractivity contribution in [1.82, 2.24) is 5.32 Å². The minimum absolute atomic E-state index is 0.0478. The molecule has 2 unspecified atom stereocenters. The average Bonchev–Trinajstić information content (AvgIpc) is 3.36. The number of halogens is 2. The molecule has 24 heavy (non-hydrogen) atoms. The van der Waals surface area contributed by atoms with Gasteiger partial charge in [0.05, 0.1) is 15.5 Å². The quantitative estimate of drug-likeness (QED) is 0.833. The first-order chi connectivity index (χ1) is 11.4. The molecule has 1 saturated carbocycles. The van der Waals surface area contributed by atoms with Gasteiger partial charge in [-0.3, -0.25) is 9.59 Å². The van der Waals surface area contributed by atoms with E-state index >= 15 is 0 Å². The highest BCUT2D eigenvalue weighted by Crippen LogP contribution is 2.50. The van der Waals surface area contributed by atoms with Crippen molar-refractivity contribution in [2.45, 2.75) is 25.2 Å². The lowest BCUT2D eigenvalue weighted by molar-refractivity contribution is -0.154. The average molecular weight is 372 g/mol. The first kappa shape index (κ1) is 17.5. The Bertz CT molecular complexity index is 658. The fraction of sp³-hybridized carbons (Fsp3) is 0.529. The molecule has 0 spiro atoms. The molecule has 1 aliphatic carbocycles. The van der Waals surface area contributed by atoms with E-state index in [9.17, 15) is 14.7 Å². The predicted octanol–water partition coefficient (Wildman–Crippen LogP) is 3.09. The van der Waals surface area contributed by atoms with Gasteiger partial charge in [0.15, 0.2) is 0 Å². The molecule has 1 aromatic carbocycles. The summed E-state index contributed by atoms with van der Waals surface area (Å²) in [4.78, 5) is 24.0. The number of ether oxygens (including phenoxy) is 1. The highest BCUT2D eigenvalue weighted by molar-refractivity contribution is 6.42. The Balaban J connectivity index is 1.60. The van der Waals surface area contributed by atoms with Crippen molar-refractivity contribution in [2.75, 3.05) is 19.8 Å². The Kier molecular flexibility index (Phi) is 5.04. The lowest BCUT2D eigenvalue weighted by Gasteiger charge is -2.33. The molecule has 1 aromatic rings. The molecule has 2 N–H and O–H groups in total. The number of carbonyl (C=O) groups excluding carboxylic acids is 1. The number of hydrogen-bond donors (Lipinski definition) is 2. The third kappa shape index (κ3) is 3.39. The van der Waals surface area contributed by atoms with E-state index in [0.717, 1.165) is 5.56 Å². The van der Waals surface area contributed by atoms with E-state index in [1.54, 1.807) is 6.07 Å². The van der Waals surface area contributed by atoms with Crippen LogP contribution in [0.4, 0.5) is 0 Å². The van der Waals surface area contributed by atoms with Crippen molar-refractivity contribution in [3.63, 3.8) is 0 Å². The molecule has 0 bridgehead atoms. The van der Waals surface area contributed by atoms with Crippen LogP contribution in [0.2, 0.25) is 10.0 Å². The Hall–Kier alpha value is -1.30. The Morgan fingerprint density at radius 2 is 2.00 bits per heavy atom. The minimum Gasteiger partial charge on any atom is -0.481 e. The van der Waals surface area contributed by atoms with E-state index in [-0.39, 0.29) is 24.3 Å². The first-order valence-electron chi connectivity index (χ1n) is 7.97. The maximum Gasteiger partial charge on any atom is 0.311 e. The minimum atomic E-state index is -0.925. The molecule has 2 aliphatic rings. The van der Waals surface area contributed by atoms with E-state index in [0.29, 0.717) is 42.5 Å². The van der Waals surface area contributed by atoms with Crippen molar-refractivity contribution >= 4 is 35.1 Å². The molecule has 7 heteroatoms. The monoisotopic (exact) mass is 371 g/mol. The molecule has 1 aliphatic heterocycles. The maximum atomic E-state index is 12.4. The van der Waals surface area contributed by atoms with Crippen LogP contribution < -0.4 is 5.32 Å². The zero-order chi connectivity index (χ0) is 17.3. The Morgan fingerprint density at radius 1 is 1.29 bits per heavy atom. The van der Waals surface area contributed by atoms with Gasteiger partial charge in [-0.15, -0.1) is 0 Å². The SMILES string of the molecule is O=C(NCC1(C(=O)O)CCOCC1)C1CC1c1cccc(Cl)c1Cl. The van der Waals surface area contributed by atoms with Gasteiger partial charge < -0.3 is 15.2 Å². The molecule has 2 atom stereocenters. The van der Waals surface area contributed by atoms with E-state index in [2.05, 4.69) is 5.32 Å². The molecular weight excluding hydrogens is 353 g/mol. The highest BCUT2D eigenvalue weighted by atomic mass is 35.5. The normalized spacial score (nSPS) is 25.1. The smallest absolute Gasteiger partial charge is 0.311 e. The van der Waals surface area contributed by atoms with Gasteiger partial charge in [0.1, 0.15) is 0 Å². The zero-order valence-electron chi connectivity index (χ0n) is 13.1. The van der Waals surface area contributed by atoms with Gasteiger partial charge in [0.25, 0.3) is 0 Å². The summed E-state index contributed by atoms with van der Waals surface area (Å²) in [5.74, 6) is -1.13. The van der Waals surface area contributed by atoms with Gasteiger partial charge in [-0.1, -0.05) is 35.3 Å². The van der Waals surface area contributed by atoms with Crippen LogP contribution in [-0.4, -0.2) is 36.7 Å². The van der Waals surface area contributed by atoms with Crippen LogP contribution in [0.15, 0.2) is 18.2 Å². The van der Waals surface area contributed by atoms with Crippen LogP contribution in [0.5, 0.6) is 0 Å². The molecule has 130 valence electrons. The fourth-order valence-corrected chi connectivity index (χ4v) is 3.70. The summed E-state index contributed by atoms with van der Waals surface area (Å²) >= 11 is 12.2. The number of benzene rings is 1. The van der Waals surface area contributed by atoms with E-state index < -0.39 is 11.4 Å². The topological polar surface area (TPSA) is 75.6 Å². The third-order valence-corrected chi connectivity index (χ3v) is 5.85. The largest absolute Gasteiger partial charge is 0.481 e. The molecule has 0 radical (unpaired) electrons. The number of amides is 1. The van der Waals surface area contributed by atoms with Crippen molar-refractivity contribution in [3.05, 3.63) is 33.8 Å². The van der Waals surface area contributed by atoms with Gasteiger partial charge >= 0.3 is 5.97 Å². The van der Waals surface area contributed by atoms with Crippen molar-refractivity contribution in [2.24, 2.45) is 11.3 Å². The van der Waals surface area contributed by atoms with E-state index in [1.165, 1.54) is 0 Å². The molecule has 1 amide bonds. The number of aliphatic carboxylic acids is 1. The van der Waals surface area contributed by atoms with Gasteiger partial charge in [0, 0.05) is 25.7 Å². The number of carbonyl (C=O) groups is 2. The van der Waals surface area contributed by atoms with E-state index in [1.807, 2.05) is 12.1 Å². The van der Waals surface area contributed by atoms with Crippen LogP contribution in [0.3, 0.4) is 0 Å². The van der Waals surface area contributed by atoms with Gasteiger partial charge in [0.2, 0.25) is 5.91 Å². The molecule has 1 heterocycles. The van der Waals surface area contributed by atoms with Crippen LogP contribution in [0.25, 0.3) is 0 Å². The summed E-state index contributed by atoms with van der Waals surface area (Å²) in [7, 11) is 0. The van der Waals surface area contributed by atoms with Gasteiger partial charge in [-0.25, -0.2) is 0 Å². The lowest BCUT2D eigenvalue weighted by atomic mass is 9.80. The molecule has 5 nitrogen and oxygen atoms in total. The summed E-state index contributed by atoms with van der Waals surface area (Å²) in [6.07, 6.45) is 1.53.